The van der Waals surface area contributed by atoms with Crippen molar-refractivity contribution < 1.29 is 9.53 Å². The number of carbonyl (C=O) groups is 1. The summed E-state index contributed by atoms with van der Waals surface area (Å²) in [6, 6.07) is 14.8. The van der Waals surface area contributed by atoms with E-state index in [4.69, 9.17) is 10.00 Å². The number of nitrogens with zero attached hydrogens (tertiary/aromatic N) is 1. The minimum absolute atomic E-state index is 0.168. The standard InChI is InChI=1S/C17H15NO2/c1-12-6-7-13(2)16(8-12)17(19)20-11-15-5-3-4-14(9-15)10-18/h3-9H,11H2,1-2H3. The molecule has 3 nitrogen and oxygen atoms in total. The van der Waals surface area contributed by atoms with Crippen LogP contribution in [0, 0.1) is 25.2 Å². The van der Waals surface area contributed by atoms with Gasteiger partial charge in [0.1, 0.15) is 6.61 Å². The average molecular weight is 265 g/mol. The molecule has 0 saturated heterocycles. The molecule has 0 heterocycles. The van der Waals surface area contributed by atoms with Gasteiger partial charge < -0.3 is 4.74 Å². The summed E-state index contributed by atoms with van der Waals surface area (Å²) in [6.07, 6.45) is 0. The highest BCUT2D eigenvalue weighted by molar-refractivity contribution is 5.91. The quantitative estimate of drug-likeness (QED) is 0.798. The first-order valence-electron chi connectivity index (χ1n) is 6.33. The van der Waals surface area contributed by atoms with Gasteiger partial charge in [-0.1, -0.05) is 29.8 Å². The van der Waals surface area contributed by atoms with Crippen molar-refractivity contribution in [3.05, 3.63) is 70.3 Å². The first-order chi connectivity index (χ1) is 9.60. The van der Waals surface area contributed by atoms with Crippen molar-refractivity contribution in [3.63, 3.8) is 0 Å². The van der Waals surface area contributed by atoms with Crippen molar-refractivity contribution in [2.75, 3.05) is 0 Å². The van der Waals surface area contributed by atoms with E-state index in [9.17, 15) is 4.79 Å². The lowest BCUT2D eigenvalue weighted by atomic mass is 10.1. The normalized spacial score (nSPS) is 9.85. The fourth-order valence-corrected chi connectivity index (χ4v) is 1.91. The minimum atomic E-state index is -0.339. The molecule has 20 heavy (non-hydrogen) atoms. The summed E-state index contributed by atoms with van der Waals surface area (Å²) in [6.45, 7) is 3.99. The highest BCUT2D eigenvalue weighted by Crippen LogP contribution is 2.13. The minimum Gasteiger partial charge on any atom is -0.457 e. The van der Waals surface area contributed by atoms with Gasteiger partial charge in [-0.3, -0.25) is 0 Å². The van der Waals surface area contributed by atoms with Crippen LogP contribution in [0.2, 0.25) is 0 Å². The monoisotopic (exact) mass is 265 g/mol. The van der Waals surface area contributed by atoms with Crippen LogP contribution in [0.4, 0.5) is 0 Å². The van der Waals surface area contributed by atoms with E-state index in [0.29, 0.717) is 11.1 Å². The largest absolute Gasteiger partial charge is 0.457 e. The zero-order valence-electron chi connectivity index (χ0n) is 11.5. The van der Waals surface area contributed by atoms with Gasteiger partial charge in [-0.25, -0.2) is 4.79 Å². The number of hydrogen-bond donors (Lipinski definition) is 0. The fourth-order valence-electron chi connectivity index (χ4n) is 1.91. The van der Waals surface area contributed by atoms with Crippen LogP contribution in [0.25, 0.3) is 0 Å². The molecule has 0 N–H and O–H groups in total. The fraction of sp³-hybridized carbons (Fsp3) is 0.176. The van der Waals surface area contributed by atoms with Gasteiger partial charge in [-0.05, 0) is 43.2 Å². The number of aryl methyl sites for hydroxylation is 2. The highest BCUT2D eigenvalue weighted by atomic mass is 16.5. The maximum Gasteiger partial charge on any atom is 0.338 e. The Hall–Kier alpha value is -2.60. The number of hydrogen-bond acceptors (Lipinski definition) is 3. The number of nitriles is 1. The van der Waals surface area contributed by atoms with Crippen molar-refractivity contribution in [1.82, 2.24) is 0 Å². The predicted octanol–water partition coefficient (Wildman–Crippen LogP) is 3.53. The van der Waals surface area contributed by atoms with E-state index in [1.165, 1.54) is 0 Å². The zero-order valence-corrected chi connectivity index (χ0v) is 11.5. The summed E-state index contributed by atoms with van der Waals surface area (Å²) >= 11 is 0. The van der Waals surface area contributed by atoms with Crippen LogP contribution in [0.5, 0.6) is 0 Å². The van der Waals surface area contributed by atoms with Crippen LogP contribution in [-0.4, -0.2) is 5.97 Å². The van der Waals surface area contributed by atoms with E-state index in [1.54, 1.807) is 18.2 Å². The van der Waals surface area contributed by atoms with Crippen molar-refractivity contribution >= 4 is 5.97 Å². The molecule has 0 bridgehead atoms. The topological polar surface area (TPSA) is 50.1 Å². The second-order valence-electron chi connectivity index (χ2n) is 4.71. The van der Waals surface area contributed by atoms with Gasteiger partial charge in [-0.15, -0.1) is 0 Å². The van der Waals surface area contributed by atoms with E-state index in [0.717, 1.165) is 16.7 Å². The third-order valence-electron chi connectivity index (χ3n) is 3.04. The third kappa shape index (κ3) is 3.24. The van der Waals surface area contributed by atoms with Crippen LogP contribution in [0.15, 0.2) is 42.5 Å². The number of ether oxygens (including phenoxy) is 1. The van der Waals surface area contributed by atoms with Crippen LogP contribution < -0.4 is 0 Å². The molecule has 0 saturated carbocycles. The zero-order chi connectivity index (χ0) is 14.5. The molecule has 0 aromatic heterocycles. The molecule has 3 heteroatoms. The smallest absolute Gasteiger partial charge is 0.338 e. The molecule has 2 aromatic rings. The molecular formula is C17H15NO2. The lowest BCUT2D eigenvalue weighted by Crippen LogP contribution is -2.07. The molecule has 0 spiro atoms. The van der Waals surface area contributed by atoms with Crippen molar-refractivity contribution in [3.8, 4) is 6.07 Å². The second-order valence-corrected chi connectivity index (χ2v) is 4.71. The Bertz CT molecular complexity index is 684. The van der Waals surface area contributed by atoms with Gasteiger partial charge in [0.25, 0.3) is 0 Å². The second kappa shape index (κ2) is 6.03. The molecule has 0 fully saturated rings. The van der Waals surface area contributed by atoms with Crippen molar-refractivity contribution in [2.45, 2.75) is 20.5 Å². The van der Waals surface area contributed by atoms with Gasteiger partial charge >= 0.3 is 5.97 Å². The van der Waals surface area contributed by atoms with Gasteiger partial charge in [0.2, 0.25) is 0 Å². The molecule has 0 aliphatic carbocycles. The molecule has 0 radical (unpaired) electrons. The predicted molar refractivity (Wildman–Crippen MR) is 76.2 cm³/mol. The summed E-state index contributed by atoms with van der Waals surface area (Å²) < 4.78 is 5.30. The Balaban J connectivity index is 2.09. The van der Waals surface area contributed by atoms with Gasteiger partial charge in [-0.2, -0.15) is 5.26 Å². The summed E-state index contributed by atoms with van der Waals surface area (Å²) in [5, 5.41) is 8.83. The molecule has 0 atom stereocenters. The first-order valence-corrected chi connectivity index (χ1v) is 6.33. The third-order valence-corrected chi connectivity index (χ3v) is 3.04. The molecular weight excluding hydrogens is 250 g/mol. The Morgan fingerprint density at radius 1 is 1.20 bits per heavy atom. The first kappa shape index (κ1) is 13.8. The van der Waals surface area contributed by atoms with Crippen LogP contribution in [0.1, 0.15) is 32.6 Å². The Labute approximate surface area is 118 Å². The van der Waals surface area contributed by atoms with Crippen LogP contribution >= 0.6 is 0 Å². The van der Waals surface area contributed by atoms with E-state index >= 15 is 0 Å². The summed E-state index contributed by atoms with van der Waals surface area (Å²) in [5.74, 6) is -0.339. The summed E-state index contributed by atoms with van der Waals surface area (Å²) in [4.78, 5) is 12.1. The van der Waals surface area contributed by atoms with E-state index in [-0.39, 0.29) is 12.6 Å². The average Bonchev–Trinajstić information content (AvgIpc) is 2.47. The Morgan fingerprint density at radius 2 is 2.00 bits per heavy atom. The number of esters is 1. The maximum atomic E-state index is 12.1. The lowest BCUT2D eigenvalue weighted by Gasteiger charge is -2.08. The van der Waals surface area contributed by atoms with Gasteiger partial charge in [0.05, 0.1) is 17.2 Å². The maximum absolute atomic E-state index is 12.1. The molecule has 0 aliphatic rings. The number of carbonyl (C=O) groups excluding carboxylic acids is 1. The molecule has 2 rings (SSSR count). The Kier molecular flexibility index (Phi) is 4.17. The SMILES string of the molecule is Cc1ccc(C)c(C(=O)OCc2cccc(C#N)c2)c1. The van der Waals surface area contributed by atoms with Crippen molar-refractivity contribution in [1.29, 1.82) is 5.26 Å². The molecule has 0 unspecified atom stereocenters. The summed E-state index contributed by atoms with van der Waals surface area (Å²) in [7, 11) is 0. The van der Waals surface area contributed by atoms with E-state index < -0.39 is 0 Å². The van der Waals surface area contributed by atoms with Crippen molar-refractivity contribution in [2.24, 2.45) is 0 Å². The van der Waals surface area contributed by atoms with Crippen LogP contribution in [0.3, 0.4) is 0 Å². The highest BCUT2D eigenvalue weighted by Gasteiger charge is 2.10. The van der Waals surface area contributed by atoms with E-state index in [2.05, 4.69) is 6.07 Å². The number of benzene rings is 2. The molecule has 0 aliphatic heterocycles. The molecule has 100 valence electrons. The number of rotatable bonds is 3. The van der Waals surface area contributed by atoms with Crippen LogP contribution in [-0.2, 0) is 11.3 Å². The summed E-state index contributed by atoms with van der Waals surface area (Å²) in [5.41, 5.74) is 3.87. The van der Waals surface area contributed by atoms with Gasteiger partial charge in [0, 0.05) is 0 Å². The molecule has 2 aromatic carbocycles. The van der Waals surface area contributed by atoms with E-state index in [1.807, 2.05) is 38.1 Å². The lowest BCUT2D eigenvalue weighted by molar-refractivity contribution is 0.0471. The Morgan fingerprint density at radius 3 is 2.75 bits per heavy atom. The van der Waals surface area contributed by atoms with Gasteiger partial charge in [0.15, 0.2) is 0 Å². The molecule has 0 amide bonds.